The Labute approximate surface area is 256 Å². The topological polar surface area (TPSA) is 114 Å². The van der Waals surface area contributed by atoms with E-state index in [1.54, 1.807) is 12.1 Å². The first-order valence-electron chi connectivity index (χ1n) is 15.2. The van der Waals surface area contributed by atoms with Crippen molar-refractivity contribution in [1.82, 2.24) is 4.57 Å². The van der Waals surface area contributed by atoms with Gasteiger partial charge >= 0.3 is 0 Å². The van der Waals surface area contributed by atoms with E-state index < -0.39 is 0 Å². The summed E-state index contributed by atoms with van der Waals surface area (Å²) in [7, 11) is 1.94. The molecule has 1 aromatic heterocycles. The normalized spacial score (nSPS) is 22.3. The molecule has 0 spiro atoms. The highest BCUT2D eigenvalue weighted by atomic mass is 16.6. The van der Waals surface area contributed by atoms with Gasteiger partial charge in [-0.2, -0.15) is 0 Å². The molecule has 5 rings (SSSR count). The van der Waals surface area contributed by atoms with E-state index in [-0.39, 0.29) is 30.9 Å². The molecule has 44 heavy (non-hydrogen) atoms. The number of benzene rings is 2. The largest absolute Gasteiger partial charge is 0.491 e. The summed E-state index contributed by atoms with van der Waals surface area (Å²) in [5, 5.41) is 1.10. The van der Waals surface area contributed by atoms with E-state index in [4.69, 9.17) is 47.4 Å². The highest BCUT2D eigenvalue weighted by molar-refractivity contribution is 5.94. The fourth-order valence-corrected chi connectivity index (χ4v) is 4.96. The van der Waals surface area contributed by atoms with Gasteiger partial charge in [-0.3, -0.25) is 4.79 Å². The zero-order valence-corrected chi connectivity index (χ0v) is 25.4. The molecule has 2 aliphatic rings. The van der Waals surface area contributed by atoms with Crippen molar-refractivity contribution in [2.75, 3.05) is 106 Å². The Balaban J connectivity index is 1.26. The van der Waals surface area contributed by atoms with Crippen LogP contribution in [0.1, 0.15) is 0 Å². The van der Waals surface area contributed by atoms with Crippen LogP contribution in [-0.4, -0.2) is 122 Å². The molecule has 0 bridgehead atoms. The van der Waals surface area contributed by atoms with Gasteiger partial charge in [0.2, 0.25) is 0 Å². The molecule has 0 N–H and O–H groups in total. The van der Waals surface area contributed by atoms with Gasteiger partial charge in [-0.25, -0.2) is 0 Å². The Bertz CT molecular complexity index is 1240. The van der Waals surface area contributed by atoms with Crippen LogP contribution < -0.4 is 14.9 Å². The average Bonchev–Trinajstić information content (AvgIpc) is 3.03. The molecule has 0 aliphatic carbocycles. The standard InChI is InChI=1S/C32H43NO11/c1-33-30-4-2-24(43-22-26-20-39-12-10-35-6-8-37-14-16-41-26)18-28(30)32(34)29-19-25(3-5-31(29)33)44-23-27-21-40-13-11-36-7-9-38-15-17-42-27/h2-5,18-19,26-27H,6-17,20-23H2,1H3. The fraction of sp³-hybridized carbons (Fsp3) is 0.594. The van der Waals surface area contributed by atoms with E-state index in [2.05, 4.69) is 0 Å². The molecule has 2 atom stereocenters. The lowest BCUT2D eigenvalue weighted by atomic mass is 10.1. The van der Waals surface area contributed by atoms with Crippen LogP contribution in [0.3, 0.4) is 0 Å². The summed E-state index contributed by atoms with van der Waals surface area (Å²) in [6.07, 6.45) is -0.576. The highest BCUT2D eigenvalue weighted by Crippen LogP contribution is 2.25. The third kappa shape index (κ3) is 9.59. The lowest BCUT2D eigenvalue weighted by Gasteiger charge is -2.20. The minimum atomic E-state index is -0.288. The van der Waals surface area contributed by atoms with Crippen molar-refractivity contribution in [3.05, 3.63) is 46.6 Å². The molecule has 2 aromatic carbocycles. The summed E-state index contributed by atoms with van der Waals surface area (Å²) in [6, 6.07) is 11.1. The first kappa shape index (κ1) is 32.6. The Morgan fingerprint density at radius 1 is 0.591 bits per heavy atom. The number of fused-ring (bicyclic) bond motifs is 2. The maximum absolute atomic E-state index is 13.7. The van der Waals surface area contributed by atoms with E-state index in [0.717, 1.165) is 11.0 Å². The Hall–Kier alpha value is -2.81. The number of hydrogen-bond donors (Lipinski definition) is 0. The average molecular weight is 618 g/mol. The van der Waals surface area contributed by atoms with Crippen LogP contribution in [0.15, 0.2) is 41.2 Å². The quantitative estimate of drug-likeness (QED) is 0.380. The van der Waals surface area contributed by atoms with E-state index in [0.29, 0.717) is 115 Å². The minimum Gasteiger partial charge on any atom is -0.491 e. The molecule has 3 heterocycles. The molecular weight excluding hydrogens is 574 g/mol. The zero-order chi connectivity index (χ0) is 30.4. The Morgan fingerprint density at radius 3 is 1.41 bits per heavy atom. The predicted octanol–water partition coefficient (Wildman–Crippen LogP) is 2.35. The van der Waals surface area contributed by atoms with Crippen LogP contribution in [0.2, 0.25) is 0 Å². The molecule has 0 amide bonds. The molecular formula is C32H43NO11. The summed E-state index contributed by atoms with van der Waals surface area (Å²) in [6.45, 7) is 7.12. The molecule has 0 saturated carbocycles. The van der Waals surface area contributed by atoms with Crippen molar-refractivity contribution < 1.29 is 47.4 Å². The van der Waals surface area contributed by atoms with Gasteiger partial charge in [0, 0.05) is 17.8 Å². The maximum atomic E-state index is 13.7. The summed E-state index contributed by atoms with van der Waals surface area (Å²) in [4.78, 5) is 13.7. The van der Waals surface area contributed by atoms with Crippen LogP contribution in [-0.2, 0) is 44.9 Å². The first-order chi connectivity index (χ1) is 21.7. The number of aryl methyl sites for hydroxylation is 1. The van der Waals surface area contributed by atoms with E-state index >= 15 is 0 Å². The second-order valence-electron chi connectivity index (χ2n) is 10.5. The Morgan fingerprint density at radius 2 is 0.977 bits per heavy atom. The molecule has 0 radical (unpaired) electrons. The number of aromatic nitrogens is 1. The van der Waals surface area contributed by atoms with Gasteiger partial charge in [0.05, 0.1) is 104 Å². The van der Waals surface area contributed by atoms with E-state index in [1.807, 2.05) is 35.9 Å². The van der Waals surface area contributed by atoms with Crippen molar-refractivity contribution in [1.29, 1.82) is 0 Å². The number of ether oxygens (including phenoxy) is 10. The van der Waals surface area contributed by atoms with E-state index in [9.17, 15) is 4.79 Å². The van der Waals surface area contributed by atoms with Gasteiger partial charge in [0.25, 0.3) is 0 Å². The lowest BCUT2D eigenvalue weighted by Crippen LogP contribution is -2.30. The fourth-order valence-electron chi connectivity index (χ4n) is 4.96. The van der Waals surface area contributed by atoms with Gasteiger partial charge < -0.3 is 51.9 Å². The van der Waals surface area contributed by atoms with Crippen LogP contribution in [0.25, 0.3) is 21.8 Å². The first-order valence-corrected chi connectivity index (χ1v) is 15.2. The van der Waals surface area contributed by atoms with Gasteiger partial charge in [-0.05, 0) is 36.4 Å². The SMILES string of the molecule is Cn1c2ccc(OCC3COCCOCCOCCO3)cc2c(=O)c2cc(OCC3COCCOCCOCCO3)ccc21. The smallest absolute Gasteiger partial charge is 0.197 e. The molecule has 3 aromatic rings. The number of pyridine rings is 1. The van der Waals surface area contributed by atoms with Crippen LogP contribution in [0, 0.1) is 0 Å². The predicted molar refractivity (Wildman–Crippen MR) is 162 cm³/mol. The van der Waals surface area contributed by atoms with Gasteiger partial charge in [0.1, 0.15) is 36.9 Å². The van der Waals surface area contributed by atoms with Gasteiger partial charge in [-0.15, -0.1) is 0 Å². The van der Waals surface area contributed by atoms with Crippen molar-refractivity contribution in [2.24, 2.45) is 7.05 Å². The van der Waals surface area contributed by atoms with Crippen molar-refractivity contribution in [2.45, 2.75) is 12.2 Å². The molecule has 12 nitrogen and oxygen atoms in total. The summed E-state index contributed by atoms with van der Waals surface area (Å²) >= 11 is 0. The van der Waals surface area contributed by atoms with Crippen molar-refractivity contribution in [3.63, 3.8) is 0 Å². The molecule has 2 aliphatic heterocycles. The minimum absolute atomic E-state index is 0.102. The molecule has 12 heteroatoms. The molecule has 242 valence electrons. The lowest BCUT2D eigenvalue weighted by molar-refractivity contribution is -0.0773. The second kappa shape index (κ2) is 17.6. The van der Waals surface area contributed by atoms with Crippen molar-refractivity contribution >= 4 is 21.8 Å². The zero-order valence-electron chi connectivity index (χ0n) is 25.4. The maximum Gasteiger partial charge on any atom is 0.197 e. The summed E-state index contributed by atoms with van der Waals surface area (Å²) < 4.78 is 59.3. The number of rotatable bonds is 6. The number of nitrogens with zero attached hydrogens (tertiary/aromatic N) is 1. The summed E-state index contributed by atoms with van der Waals surface area (Å²) in [5.41, 5.74) is 1.50. The van der Waals surface area contributed by atoms with Gasteiger partial charge in [0.15, 0.2) is 5.43 Å². The van der Waals surface area contributed by atoms with E-state index in [1.165, 1.54) is 0 Å². The molecule has 2 saturated heterocycles. The van der Waals surface area contributed by atoms with Crippen LogP contribution >= 0.6 is 0 Å². The third-order valence-corrected chi connectivity index (χ3v) is 7.28. The monoisotopic (exact) mass is 617 g/mol. The van der Waals surface area contributed by atoms with Crippen LogP contribution in [0.5, 0.6) is 11.5 Å². The molecule has 2 fully saturated rings. The van der Waals surface area contributed by atoms with Gasteiger partial charge in [-0.1, -0.05) is 0 Å². The molecule has 2 unspecified atom stereocenters. The summed E-state index contributed by atoms with van der Waals surface area (Å²) in [5.74, 6) is 1.15. The second-order valence-corrected chi connectivity index (χ2v) is 10.5. The van der Waals surface area contributed by atoms with Crippen LogP contribution in [0.4, 0.5) is 0 Å². The third-order valence-electron chi connectivity index (χ3n) is 7.28. The highest BCUT2D eigenvalue weighted by Gasteiger charge is 2.16. The Kier molecular flexibility index (Phi) is 13.0. The number of hydrogen-bond acceptors (Lipinski definition) is 11. The van der Waals surface area contributed by atoms with Crippen molar-refractivity contribution in [3.8, 4) is 11.5 Å².